The zero-order chi connectivity index (χ0) is 13.7. The van der Waals surface area contributed by atoms with Crippen molar-refractivity contribution in [2.75, 3.05) is 7.11 Å². The van der Waals surface area contributed by atoms with Gasteiger partial charge in [-0.15, -0.1) is 0 Å². The summed E-state index contributed by atoms with van der Waals surface area (Å²) >= 11 is 0. The third kappa shape index (κ3) is 3.23. The van der Waals surface area contributed by atoms with Crippen LogP contribution in [0.4, 0.5) is 0 Å². The summed E-state index contributed by atoms with van der Waals surface area (Å²) in [5.41, 5.74) is 1.78. The number of aromatic hydroxyl groups is 1. The maximum absolute atomic E-state index is 9.99. The number of nitrogens with zero attached hydrogens (tertiary/aromatic N) is 1. The number of hydrogen-bond donors (Lipinski definition) is 2. The molecule has 1 aromatic carbocycles. The second-order valence-electron chi connectivity index (χ2n) is 4.33. The van der Waals surface area contributed by atoms with Crippen molar-refractivity contribution >= 4 is 0 Å². The molecule has 100 valence electrons. The van der Waals surface area contributed by atoms with Gasteiger partial charge in [-0.3, -0.25) is 4.98 Å². The molecule has 0 saturated heterocycles. The van der Waals surface area contributed by atoms with Crippen LogP contribution in [0.3, 0.4) is 0 Å². The van der Waals surface area contributed by atoms with Crippen molar-refractivity contribution in [2.45, 2.75) is 19.5 Å². The van der Waals surface area contributed by atoms with Crippen LogP contribution in [0.25, 0.3) is 0 Å². The Balaban J connectivity index is 2.03. The van der Waals surface area contributed by atoms with Gasteiger partial charge >= 0.3 is 0 Å². The number of aromatic nitrogens is 1. The van der Waals surface area contributed by atoms with Crippen molar-refractivity contribution in [1.29, 1.82) is 0 Å². The van der Waals surface area contributed by atoms with Gasteiger partial charge in [0.15, 0.2) is 11.5 Å². The van der Waals surface area contributed by atoms with Crippen LogP contribution in [0.2, 0.25) is 0 Å². The van der Waals surface area contributed by atoms with E-state index in [1.54, 1.807) is 19.4 Å². The highest BCUT2D eigenvalue weighted by atomic mass is 16.5. The Morgan fingerprint density at radius 3 is 2.79 bits per heavy atom. The Hall–Kier alpha value is -2.07. The Morgan fingerprint density at radius 1 is 1.26 bits per heavy atom. The molecule has 0 aliphatic carbocycles. The molecule has 1 unspecified atom stereocenters. The van der Waals surface area contributed by atoms with E-state index in [0.29, 0.717) is 12.3 Å². The van der Waals surface area contributed by atoms with Crippen LogP contribution in [0.5, 0.6) is 11.5 Å². The van der Waals surface area contributed by atoms with E-state index in [2.05, 4.69) is 10.3 Å². The van der Waals surface area contributed by atoms with E-state index in [0.717, 1.165) is 11.3 Å². The summed E-state index contributed by atoms with van der Waals surface area (Å²) in [5.74, 6) is 0.676. The number of hydrogen-bond acceptors (Lipinski definition) is 4. The molecule has 1 atom stereocenters. The summed E-state index contributed by atoms with van der Waals surface area (Å²) in [6.45, 7) is 2.60. The molecule has 1 heterocycles. The Labute approximate surface area is 113 Å². The predicted molar refractivity (Wildman–Crippen MR) is 74.2 cm³/mol. The number of nitrogens with one attached hydrogen (secondary N) is 1. The molecule has 2 rings (SSSR count). The molecular weight excluding hydrogens is 240 g/mol. The van der Waals surface area contributed by atoms with Crippen molar-refractivity contribution in [2.24, 2.45) is 0 Å². The van der Waals surface area contributed by atoms with E-state index in [4.69, 9.17) is 4.74 Å². The number of para-hydroxylation sites is 1. The molecule has 2 N–H and O–H groups in total. The molecular formula is C15H18N2O2. The maximum atomic E-state index is 9.99. The first kappa shape index (κ1) is 13.4. The van der Waals surface area contributed by atoms with Crippen molar-refractivity contribution in [3.63, 3.8) is 0 Å². The lowest BCUT2D eigenvalue weighted by Gasteiger charge is -2.14. The van der Waals surface area contributed by atoms with E-state index < -0.39 is 0 Å². The van der Waals surface area contributed by atoms with E-state index >= 15 is 0 Å². The number of benzene rings is 1. The summed E-state index contributed by atoms with van der Waals surface area (Å²) in [6.07, 6.45) is 1.77. The molecule has 0 radical (unpaired) electrons. The Morgan fingerprint density at radius 2 is 2.11 bits per heavy atom. The average molecular weight is 258 g/mol. The standard InChI is InChI=1S/C15H18N2O2/c1-11(13-7-3-4-9-16-13)17-10-12-6-5-8-14(19-2)15(12)18/h3-9,11,17-18H,10H2,1-2H3. The fourth-order valence-corrected chi connectivity index (χ4v) is 1.87. The maximum Gasteiger partial charge on any atom is 0.162 e. The first-order valence-corrected chi connectivity index (χ1v) is 6.21. The van der Waals surface area contributed by atoms with Gasteiger partial charge < -0.3 is 15.2 Å². The van der Waals surface area contributed by atoms with Crippen LogP contribution in [0.1, 0.15) is 24.2 Å². The number of pyridine rings is 1. The molecule has 0 amide bonds. The van der Waals surface area contributed by atoms with E-state index in [1.807, 2.05) is 37.3 Å². The van der Waals surface area contributed by atoms with Gasteiger partial charge in [0.05, 0.1) is 12.8 Å². The van der Waals surface area contributed by atoms with Crippen molar-refractivity contribution in [1.82, 2.24) is 10.3 Å². The van der Waals surface area contributed by atoms with Crippen LogP contribution < -0.4 is 10.1 Å². The third-order valence-electron chi connectivity index (χ3n) is 3.03. The molecule has 0 spiro atoms. The zero-order valence-corrected chi connectivity index (χ0v) is 11.1. The Bertz CT molecular complexity index is 529. The van der Waals surface area contributed by atoms with Gasteiger partial charge in [0.2, 0.25) is 0 Å². The molecule has 19 heavy (non-hydrogen) atoms. The largest absolute Gasteiger partial charge is 0.504 e. The number of ether oxygens (including phenoxy) is 1. The topological polar surface area (TPSA) is 54.4 Å². The first-order chi connectivity index (χ1) is 9.22. The number of methoxy groups -OCH3 is 1. The smallest absolute Gasteiger partial charge is 0.162 e. The first-order valence-electron chi connectivity index (χ1n) is 6.21. The van der Waals surface area contributed by atoms with E-state index in [1.165, 1.54) is 0 Å². The van der Waals surface area contributed by atoms with Crippen LogP contribution in [-0.2, 0) is 6.54 Å². The summed E-state index contributed by atoms with van der Waals surface area (Å²) in [6, 6.07) is 11.4. The monoisotopic (exact) mass is 258 g/mol. The number of rotatable bonds is 5. The van der Waals surface area contributed by atoms with Crippen LogP contribution in [0, 0.1) is 0 Å². The molecule has 0 aliphatic heterocycles. The van der Waals surface area contributed by atoms with Gasteiger partial charge in [0, 0.05) is 24.3 Å². The molecule has 2 aromatic rings. The zero-order valence-electron chi connectivity index (χ0n) is 11.1. The van der Waals surface area contributed by atoms with Crippen molar-refractivity contribution in [3.05, 3.63) is 53.9 Å². The Kier molecular flexibility index (Phi) is 4.36. The van der Waals surface area contributed by atoms with Crippen LogP contribution in [0.15, 0.2) is 42.6 Å². The summed E-state index contributed by atoms with van der Waals surface area (Å²) in [7, 11) is 1.54. The molecule has 1 aromatic heterocycles. The minimum atomic E-state index is 0.117. The second-order valence-corrected chi connectivity index (χ2v) is 4.33. The molecule has 4 nitrogen and oxygen atoms in total. The summed E-state index contributed by atoms with van der Waals surface area (Å²) < 4.78 is 5.09. The molecule has 4 heteroatoms. The highest BCUT2D eigenvalue weighted by Gasteiger charge is 2.10. The van der Waals surface area contributed by atoms with Crippen molar-refractivity contribution < 1.29 is 9.84 Å². The summed E-state index contributed by atoms with van der Waals surface area (Å²) in [5, 5.41) is 13.3. The SMILES string of the molecule is COc1cccc(CNC(C)c2ccccn2)c1O. The van der Waals surface area contributed by atoms with Gasteiger partial charge in [-0.05, 0) is 25.1 Å². The lowest BCUT2D eigenvalue weighted by molar-refractivity contribution is 0.369. The summed E-state index contributed by atoms with van der Waals surface area (Å²) in [4.78, 5) is 4.30. The normalized spacial score (nSPS) is 12.1. The van der Waals surface area contributed by atoms with Gasteiger partial charge in [0.1, 0.15) is 0 Å². The molecule has 0 aliphatic rings. The van der Waals surface area contributed by atoms with Gasteiger partial charge in [0.25, 0.3) is 0 Å². The molecule has 0 bridgehead atoms. The second kappa shape index (κ2) is 6.20. The number of phenolic OH excluding ortho intramolecular Hbond substituents is 1. The highest BCUT2D eigenvalue weighted by Crippen LogP contribution is 2.29. The van der Waals surface area contributed by atoms with Gasteiger partial charge in [-0.2, -0.15) is 0 Å². The molecule has 0 saturated carbocycles. The highest BCUT2D eigenvalue weighted by molar-refractivity contribution is 5.45. The van der Waals surface area contributed by atoms with Crippen LogP contribution >= 0.6 is 0 Å². The van der Waals surface area contributed by atoms with Gasteiger partial charge in [-0.1, -0.05) is 18.2 Å². The lowest BCUT2D eigenvalue weighted by Crippen LogP contribution is -2.19. The quantitative estimate of drug-likeness (QED) is 0.865. The minimum Gasteiger partial charge on any atom is -0.504 e. The van der Waals surface area contributed by atoms with E-state index in [9.17, 15) is 5.11 Å². The number of phenols is 1. The van der Waals surface area contributed by atoms with Crippen LogP contribution in [-0.4, -0.2) is 17.2 Å². The minimum absolute atomic E-state index is 0.117. The lowest BCUT2D eigenvalue weighted by atomic mass is 10.1. The van der Waals surface area contributed by atoms with Gasteiger partial charge in [-0.25, -0.2) is 0 Å². The fourth-order valence-electron chi connectivity index (χ4n) is 1.87. The average Bonchev–Trinajstić information content (AvgIpc) is 2.47. The van der Waals surface area contributed by atoms with E-state index in [-0.39, 0.29) is 11.8 Å². The predicted octanol–water partition coefficient (Wildman–Crippen LogP) is 2.65. The molecule has 0 fully saturated rings. The third-order valence-corrected chi connectivity index (χ3v) is 3.03. The van der Waals surface area contributed by atoms with Crippen molar-refractivity contribution in [3.8, 4) is 11.5 Å². The fraction of sp³-hybridized carbons (Fsp3) is 0.267.